The lowest BCUT2D eigenvalue weighted by atomic mass is 10.0. The van der Waals surface area contributed by atoms with E-state index in [1.165, 1.54) is 21.9 Å². The van der Waals surface area contributed by atoms with Crippen molar-refractivity contribution in [3.8, 4) is 5.75 Å². The number of hydrogen-bond donors (Lipinski definition) is 1. The van der Waals surface area contributed by atoms with Gasteiger partial charge < -0.3 is 4.74 Å². The Morgan fingerprint density at radius 2 is 1.68 bits per heavy atom. The van der Waals surface area contributed by atoms with Gasteiger partial charge in [-0.2, -0.15) is 5.10 Å². The van der Waals surface area contributed by atoms with Crippen molar-refractivity contribution in [2.24, 2.45) is 5.10 Å². The van der Waals surface area contributed by atoms with Crippen LogP contribution in [0.25, 0.3) is 10.8 Å². The van der Waals surface area contributed by atoms with Crippen molar-refractivity contribution in [3.63, 3.8) is 0 Å². The standard InChI is InChI=1S/C28H24I2N2O2/c1-18-10-11-20(12-19(18)2)15-27(33)32-31-16-21-13-25(29)28(26(30)14-21)34-17-23-8-5-7-22-6-3-4-9-24(22)23/h3-14,16H,15,17H2,1-2H3,(H,32,33). The van der Waals surface area contributed by atoms with Crippen LogP contribution in [-0.4, -0.2) is 12.1 Å². The molecule has 0 aliphatic rings. The van der Waals surface area contributed by atoms with Gasteiger partial charge in [0.25, 0.3) is 0 Å². The Morgan fingerprint density at radius 3 is 2.44 bits per heavy atom. The molecular formula is C28H24I2N2O2. The molecule has 0 spiro atoms. The minimum absolute atomic E-state index is 0.140. The van der Waals surface area contributed by atoms with E-state index in [1.807, 2.05) is 49.4 Å². The molecule has 0 bridgehead atoms. The smallest absolute Gasteiger partial charge is 0.244 e. The molecule has 1 N–H and O–H groups in total. The van der Waals surface area contributed by atoms with Gasteiger partial charge in [-0.25, -0.2) is 5.43 Å². The van der Waals surface area contributed by atoms with Crippen LogP contribution in [0.15, 0.2) is 77.9 Å². The molecule has 0 aromatic heterocycles. The molecule has 0 unspecified atom stereocenters. The van der Waals surface area contributed by atoms with Crippen LogP contribution >= 0.6 is 45.2 Å². The summed E-state index contributed by atoms with van der Waals surface area (Å²) in [6, 6.07) is 24.7. The molecule has 4 nitrogen and oxygen atoms in total. The average Bonchev–Trinajstić information content (AvgIpc) is 2.81. The van der Waals surface area contributed by atoms with Gasteiger partial charge >= 0.3 is 0 Å². The molecule has 6 heteroatoms. The van der Waals surface area contributed by atoms with Gasteiger partial charge in [-0.3, -0.25) is 4.79 Å². The highest BCUT2D eigenvalue weighted by molar-refractivity contribution is 14.1. The van der Waals surface area contributed by atoms with Gasteiger partial charge in [0.05, 0.1) is 19.8 Å². The first-order chi connectivity index (χ1) is 16.4. The summed E-state index contributed by atoms with van der Waals surface area (Å²) < 4.78 is 8.20. The Morgan fingerprint density at radius 1 is 0.941 bits per heavy atom. The Labute approximate surface area is 227 Å². The SMILES string of the molecule is Cc1ccc(CC(=O)NN=Cc2cc(I)c(OCc3cccc4ccccc34)c(I)c2)cc1C. The number of fused-ring (bicyclic) bond motifs is 1. The molecule has 0 saturated carbocycles. The van der Waals surface area contributed by atoms with Crippen molar-refractivity contribution in [1.29, 1.82) is 0 Å². The van der Waals surface area contributed by atoms with Gasteiger partial charge in [-0.15, -0.1) is 0 Å². The van der Waals surface area contributed by atoms with Gasteiger partial charge in [0.2, 0.25) is 5.91 Å². The fraction of sp³-hybridized carbons (Fsp3) is 0.143. The van der Waals surface area contributed by atoms with Gasteiger partial charge in [0, 0.05) is 0 Å². The molecule has 0 fully saturated rings. The Balaban J connectivity index is 1.39. The maximum atomic E-state index is 12.3. The Hall–Kier alpha value is -2.46. The molecule has 0 radical (unpaired) electrons. The second-order valence-electron chi connectivity index (χ2n) is 8.13. The maximum Gasteiger partial charge on any atom is 0.244 e. The molecule has 0 atom stereocenters. The lowest BCUT2D eigenvalue weighted by molar-refractivity contribution is -0.120. The summed E-state index contributed by atoms with van der Waals surface area (Å²) in [5.74, 6) is 0.712. The molecule has 0 aliphatic carbocycles. The van der Waals surface area contributed by atoms with E-state index >= 15 is 0 Å². The molecule has 4 aromatic rings. The number of hydrazone groups is 1. The van der Waals surface area contributed by atoms with E-state index in [0.29, 0.717) is 13.0 Å². The normalized spacial score (nSPS) is 11.2. The van der Waals surface area contributed by atoms with Crippen molar-refractivity contribution in [2.75, 3.05) is 0 Å². The average molecular weight is 674 g/mol. The van der Waals surface area contributed by atoms with Gasteiger partial charge in [0.15, 0.2) is 0 Å². The van der Waals surface area contributed by atoms with E-state index in [9.17, 15) is 4.79 Å². The molecule has 0 aliphatic heterocycles. The molecule has 34 heavy (non-hydrogen) atoms. The fourth-order valence-electron chi connectivity index (χ4n) is 3.68. The van der Waals surface area contributed by atoms with Crippen molar-refractivity contribution in [2.45, 2.75) is 26.9 Å². The number of aryl methyl sites for hydroxylation is 2. The highest BCUT2D eigenvalue weighted by Crippen LogP contribution is 2.30. The number of amides is 1. The number of hydrogen-bond acceptors (Lipinski definition) is 3. The van der Waals surface area contributed by atoms with Gasteiger partial charge in [-0.05, 0) is 110 Å². The van der Waals surface area contributed by atoms with E-state index in [-0.39, 0.29) is 5.91 Å². The van der Waals surface area contributed by atoms with Crippen molar-refractivity contribution in [1.82, 2.24) is 5.43 Å². The zero-order valence-electron chi connectivity index (χ0n) is 18.9. The summed E-state index contributed by atoms with van der Waals surface area (Å²) in [6.45, 7) is 4.61. The molecule has 172 valence electrons. The van der Waals surface area contributed by atoms with Crippen molar-refractivity contribution < 1.29 is 9.53 Å². The summed E-state index contributed by atoms with van der Waals surface area (Å²) in [6.07, 6.45) is 1.96. The number of nitrogens with one attached hydrogen (secondary N) is 1. The number of nitrogens with zero attached hydrogens (tertiary/aromatic N) is 1. The van der Waals surface area contributed by atoms with Crippen LogP contribution in [0.2, 0.25) is 0 Å². The molecule has 0 saturated heterocycles. The minimum atomic E-state index is -0.140. The second-order valence-corrected chi connectivity index (χ2v) is 10.5. The lowest BCUT2D eigenvalue weighted by Crippen LogP contribution is -2.19. The lowest BCUT2D eigenvalue weighted by Gasteiger charge is -2.13. The van der Waals surface area contributed by atoms with Crippen LogP contribution in [0.1, 0.15) is 27.8 Å². The largest absolute Gasteiger partial charge is 0.487 e. The fourth-order valence-corrected chi connectivity index (χ4v) is 5.81. The van der Waals surface area contributed by atoms with Crippen molar-refractivity contribution >= 4 is 68.1 Å². The van der Waals surface area contributed by atoms with E-state index in [1.54, 1.807) is 6.21 Å². The van der Waals surface area contributed by atoms with Crippen LogP contribution in [-0.2, 0) is 17.8 Å². The summed E-state index contributed by atoms with van der Waals surface area (Å²) >= 11 is 4.56. The van der Waals surface area contributed by atoms with E-state index in [4.69, 9.17) is 4.74 Å². The number of halogens is 2. The third-order valence-corrected chi connectivity index (χ3v) is 7.21. The maximum absolute atomic E-state index is 12.3. The third-order valence-electron chi connectivity index (χ3n) is 5.61. The minimum Gasteiger partial charge on any atom is -0.487 e. The van der Waals surface area contributed by atoms with Crippen LogP contribution in [0.5, 0.6) is 5.75 Å². The second kappa shape index (κ2) is 11.3. The Bertz CT molecular complexity index is 1350. The topological polar surface area (TPSA) is 50.7 Å². The number of carbonyl (C=O) groups excluding carboxylic acids is 1. The predicted octanol–water partition coefficient (Wildman–Crippen LogP) is 6.94. The molecule has 4 rings (SSSR count). The number of benzene rings is 4. The third kappa shape index (κ3) is 6.15. The summed E-state index contributed by atoms with van der Waals surface area (Å²) in [4.78, 5) is 12.3. The van der Waals surface area contributed by atoms with Crippen molar-refractivity contribution in [3.05, 3.63) is 108 Å². The highest BCUT2D eigenvalue weighted by atomic mass is 127. The monoisotopic (exact) mass is 674 g/mol. The van der Waals surface area contributed by atoms with E-state index in [0.717, 1.165) is 29.6 Å². The first-order valence-electron chi connectivity index (χ1n) is 10.9. The van der Waals surface area contributed by atoms with Gasteiger partial charge in [0.1, 0.15) is 12.4 Å². The summed E-state index contributed by atoms with van der Waals surface area (Å²) in [5.41, 5.74) is 8.06. The molecular weight excluding hydrogens is 650 g/mol. The predicted molar refractivity (Wildman–Crippen MR) is 156 cm³/mol. The molecule has 4 aromatic carbocycles. The number of ether oxygens (including phenoxy) is 1. The molecule has 1 amide bonds. The highest BCUT2D eigenvalue weighted by Gasteiger charge is 2.10. The first-order valence-corrected chi connectivity index (χ1v) is 13.0. The van der Waals surface area contributed by atoms with Crippen LogP contribution in [0.4, 0.5) is 0 Å². The summed E-state index contributed by atoms with van der Waals surface area (Å²) in [7, 11) is 0. The quantitative estimate of drug-likeness (QED) is 0.131. The zero-order valence-corrected chi connectivity index (χ0v) is 23.3. The van der Waals surface area contributed by atoms with Crippen LogP contribution in [0, 0.1) is 21.0 Å². The molecule has 0 heterocycles. The van der Waals surface area contributed by atoms with E-state index in [2.05, 4.69) is 93.0 Å². The van der Waals surface area contributed by atoms with E-state index < -0.39 is 0 Å². The Kier molecular flexibility index (Phi) is 8.20. The zero-order chi connectivity index (χ0) is 24.1. The number of carbonyl (C=O) groups is 1. The summed E-state index contributed by atoms with van der Waals surface area (Å²) in [5, 5.41) is 6.56. The first kappa shape index (κ1) is 24.7. The van der Waals surface area contributed by atoms with Gasteiger partial charge in [-0.1, -0.05) is 60.7 Å². The number of rotatable bonds is 7. The van der Waals surface area contributed by atoms with Crippen LogP contribution < -0.4 is 10.2 Å². The van der Waals surface area contributed by atoms with Crippen LogP contribution in [0.3, 0.4) is 0 Å².